The van der Waals surface area contributed by atoms with Gasteiger partial charge in [0.25, 0.3) is 0 Å². The summed E-state index contributed by atoms with van der Waals surface area (Å²) in [5, 5.41) is 3.47. The largest absolute Gasteiger partial charge is 0.310 e. The van der Waals surface area contributed by atoms with Gasteiger partial charge in [-0.05, 0) is 49.6 Å². The maximum atomic E-state index is 13.8. The van der Waals surface area contributed by atoms with Crippen LogP contribution < -0.4 is 5.32 Å². The number of hydrogen-bond donors (Lipinski definition) is 1. The van der Waals surface area contributed by atoms with Gasteiger partial charge in [0.1, 0.15) is 11.6 Å². The van der Waals surface area contributed by atoms with E-state index in [0.717, 1.165) is 23.1 Å². The Kier molecular flexibility index (Phi) is 4.27. The molecular formula is C17H17F2NS. The van der Waals surface area contributed by atoms with Gasteiger partial charge in [-0.25, -0.2) is 8.78 Å². The summed E-state index contributed by atoms with van der Waals surface area (Å²) in [6.07, 6.45) is 2.46. The summed E-state index contributed by atoms with van der Waals surface area (Å²) in [4.78, 5) is 1.30. The van der Waals surface area contributed by atoms with E-state index >= 15 is 0 Å². The van der Waals surface area contributed by atoms with E-state index in [1.807, 2.05) is 19.1 Å². The van der Waals surface area contributed by atoms with Crippen LogP contribution in [0, 0.1) is 18.6 Å². The zero-order chi connectivity index (χ0) is 14.8. The molecule has 1 nitrogen and oxygen atoms in total. The summed E-state index contributed by atoms with van der Waals surface area (Å²) in [7, 11) is 0. The smallest absolute Gasteiger partial charge is 0.137 e. The summed E-state index contributed by atoms with van der Waals surface area (Å²) in [5.74, 6) is -0.799. The van der Waals surface area contributed by atoms with Crippen LogP contribution in [0.2, 0.25) is 0 Å². The molecule has 0 atom stereocenters. The van der Waals surface area contributed by atoms with Crippen LogP contribution in [0.15, 0.2) is 46.2 Å². The molecule has 0 unspecified atom stereocenters. The fourth-order valence-corrected chi connectivity index (χ4v) is 3.13. The molecule has 21 heavy (non-hydrogen) atoms. The molecule has 1 saturated carbocycles. The molecule has 0 saturated heterocycles. The minimum atomic E-state index is -0.413. The molecule has 1 fully saturated rings. The summed E-state index contributed by atoms with van der Waals surface area (Å²) < 4.78 is 27.1. The quantitative estimate of drug-likeness (QED) is 0.861. The third kappa shape index (κ3) is 3.83. The Morgan fingerprint density at radius 3 is 2.67 bits per heavy atom. The number of aryl methyl sites for hydroxylation is 1. The Bertz CT molecular complexity index is 653. The first kappa shape index (κ1) is 14.5. The Labute approximate surface area is 127 Å². The lowest BCUT2D eigenvalue weighted by Crippen LogP contribution is -2.15. The maximum absolute atomic E-state index is 13.8. The topological polar surface area (TPSA) is 12.0 Å². The molecule has 3 rings (SSSR count). The van der Waals surface area contributed by atoms with Gasteiger partial charge in [0.2, 0.25) is 0 Å². The van der Waals surface area contributed by atoms with Crippen molar-refractivity contribution in [2.45, 2.75) is 42.1 Å². The minimum absolute atomic E-state index is 0.325. The van der Waals surface area contributed by atoms with Crippen molar-refractivity contribution in [3.8, 4) is 0 Å². The van der Waals surface area contributed by atoms with Gasteiger partial charge in [-0.3, -0.25) is 0 Å². The van der Waals surface area contributed by atoms with E-state index in [1.54, 1.807) is 0 Å². The lowest BCUT2D eigenvalue weighted by atomic mass is 10.1. The van der Waals surface area contributed by atoms with Gasteiger partial charge in [0.05, 0.1) is 4.90 Å². The zero-order valence-corrected chi connectivity index (χ0v) is 12.6. The second-order valence-corrected chi connectivity index (χ2v) is 6.53. The molecule has 1 aliphatic rings. The van der Waals surface area contributed by atoms with Crippen molar-refractivity contribution in [3.63, 3.8) is 0 Å². The maximum Gasteiger partial charge on any atom is 0.137 e. The van der Waals surface area contributed by atoms with Crippen molar-refractivity contribution < 1.29 is 8.78 Å². The molecule has 2 aromatic rings. The van der Waals surface area contributed by atoms with Crippen LogP contribution in [0.3, 0.4) is 0 Å². The third-order valence-electron chi connectivity index (χ3n) is 3.49. The molecule has 0 amide bonds. The first-order valence-electron chi connectivity index (χ1n) is 7.07. The van der Waals surface area contributed by atoms with Crippen molar-refractivity contribution in [2.75, 3.05) is 0 Å². The van der Waals surface area contributed by atoms with E-state index in [0.29, 0.717) is 10.9 Å². The molecule has 0 bridgehead atoms. The highest BCUT2D eigenvalue weighted by Crippen LogP contribution is 2.33. The van der Waals surface area contributed by atoms with Crippen molar-refractivity contribution >= 4 is 11.8 Å². The predicted molar refractivity (Wildman–Crippen MR) is 81.5 cm³/mol. The van der Waals surface area contributed by atoms with Crippen molar-refractivity contribution in [1.82, 2.24) is 5.32 Å². The molecule has 1 aliphatic carbocycles. The van der Waals surface area contributed by atoms with Crippen LogP contribution in [0.5, 0.6) is 0 Å². The number of benzene rings is 2. The predicted octanol–water partition coefficient (Wildman–Crippen LogP) is 4.68. The van der Waals surface area contributed by atoms with E-state index in [1.165, 1.54) is 42.3 Å². The highest BCUT2D eigenvalue weighted by atomic mass is 32.2. The molecule has 1 N–H and O–H groups in total. The Balaban J connectivity index is 1.84. The fraction of sp³-hybridized carbons (Fsp3) is 0.294. The molecular weight excluding hydrogens is 288 g/mol. The fourth-order valence-electron chi connectivity index (χ4n) is 2.16. The average Bonchev–Trinajstić information content (AvgIpc) is 3.27. The summed E-state index contributed by atoms with van der Waals surface area (Å²) in [6, 6.07) is 10.3. The molecule has 0 aromatic heterocycles. The number of halogens is 2. The van der Waals surface area contributed by atoms with Crippen LogP contribution in [0.1, 0.15) is 24.0 Å². The Morgan fingerprint density at radius 1 is 1.10 bits per heavy atom. The van der Waals surface area contributed by atoms with Crippen LogP contribution in [0.25, 0.3) is 0 Å². The number of rotatable bonds is 5. The van der Waals surface area contributed by atoms with Crippen LogP contribution in [0.4, 0.5) is 8.78 Å². The lowest BCUT2D eigenvalue weighted by Gasteiger charge is -2.12. The van der Waals surface area contributed by atoms with E-state index in [-0.39, 0.29) is 5.82 Å². The second kappa shape index (κ2) is 6.16. The lowest BCUT2D eigenvalue weighted by molar-refractivity contribution is 0.577. The first-order chi connectivity index (χ1) is 10.1. The first-order valence-corrected chi connectivity index (χ1v) is 7.89. The molecule has 0 radical (unpaired) electrons. The second-order valence-electron chi connectivity index (χ2n) is 5.44. The third-order valence-corrected chi connectivity index (χ3v) is 4.64. The number of hydrogen-bond acceptors (Lipinski definition) is 2. The van der Waals surface area contributed by atoms with Crippen LogP contribution in [-0.4, -0.2) is 6.04 Å². The van der Waals surface area contributed by atoms with Crippen molar-refractivity contribution in [3.05, 3.63) is 59.2 Å². The van der Waals surface area contributed by atoms with Gasteiger partial charge < -0.3 is 5.32 Å². The summed E-state index contributed by atoms with van der Waals surface area (Å²) in [6.45, 7) is 2.81. The molecule has 0 aliphatic heterocycles. The molecule has 0 spiro atoms. The Hall–Kier alpha value is -1.39. The van der Waals surface area contributed by atoms with E-state index in [9.17, 15) is 8.78 Å². The van der Waals surface area contributed by atoms with Gasteiger partial charge in [-0.2, -0.15) is 0 Å². The normalized spacial score (nSPS) is 14.4. The van der Waals surface area contributed by atoms with Crippen molar-refractivity contribution in [2.24, 2.45) is 0 Å². The highest BCUT2D eigenvalue weighted by molar-refractivity contribution is 7.99. The zero-order valence-electron chi connectivity index (χ0n) is 11.8. The highest BCUT2D eigenvalue weighted by Gasteiger charge is 2.20. The van der Waals surface area contributed by atoms with Crippen molar-refractivity contribution in [1.29, 1.82) is 0 Å². The summed E-state index contributed by atoms with van der Waals surface area (Å²) in [5.41, 5.74) is 2.31. The number of nitrogens with one attached hydrogen (secondary N) is 1. The van der Waals surface area contributed by atoms with Gasteiger partial charge in [-0.1, -0.05) is 29.5 Å². The van der Waals surface area contributed by atoms with Gasteiger partial charge >= 0.3 is 0 Å². The van der Waals surface area contributed by atoms with Gasteiger partial charge in [0, 0.05) is 17.5 Å². The monoisotopic (exact) mass is 305 g/mol. The molecule has 110 valence electrons. The van der Waals surface area contributed by atoms with E-state index in [2.05, 4.69) is 11.4 Å². The average molecular weight is 305 g/mol. The van der Waals surface area contributed by atoms with E-state index in [4.69, 9.17) is 0 Å². The standard InChI is InChI=1S/C17H17F2NS/c1-11-2-7-16(12(8-11)10-20-14-4-5-14)21-17-9-13(18)3-6-15(17)19/h2-3,6-9,14,20H,4-5,10H2,1H3. The van der Waals surface area contributed by atoms with Gasteiger partial charge in [-0.15, -0.1) is 0 Å². The molecule has 2 aromatic carbocycles. The molecule has 4 heteroatoms. The van der Waals surface area contributed by atoms with Gasteiger partial charge in [0.15, 0.2) is 0 Å². The molecule has 0 heterocycles. The minimum Gasteiger partial charge on any atom is -0.310 e. The Morgan fingerprint density at radius 2 is 1.90 bits per heavy atom. The van der Waals surface area contributed by atoms with Crippen LogP contribution >= 0.6 is 11.8 Å². The SMILES string of the molecule is Cc1ccc(Sc2cc(F)ccc2F)c(CNC2CC2)c1. The van der Waals surface area contributed by atoms with E-state index < -0.39 is 5.82 Å². The van der Waals surface area contributed by atoms with Crippen LogP contribution in [-0.2, 0) is 6.54 Å². The summed E-state index contributed by atoms with van der Waals surface area (Å²) >= 11 is 1.28.